The Kier molecular flexibility index (Phi) is 5.91. The van der Waals surface area contributed by atoms with E-state index >= 15 is 0 Å². The summed E-state index contributed by atoms with van der Waals surface area (Å²) >= 11 is 6.83. The molecule has 1 aromatic carbocycles. The number of allylic oxidation sites excluding steroid dienone is 1. The summed E-state index contributed by atoms with van der Waals surface area (Å²) in [6.45, 7) is 3.27. The quantitative estimate of drug-likeness (QED) is 0.818. The van der Waals surface area contributed by atoms with Gasteiger partial charge in [-0.25, -0.2) is 4.39 Å². The Bertz CT molecular complexity index is 886. The Hall–Kier alpha value is -2.55. The van der Waals surface area contributed by atoms with E-state index in [0.29, 0.717) is 0 Å². The van der Waals surface area contributed by atoms with Gasteiger partial charge in [0.2, 0.25) is 11.8 Å². The lowest BCUT2D eigenvalue weighted by Crippen LogP contribution is -2.44. The first-order chi connectivity index (χ1) is 12.2. The first-order valence-electron chi connectivity index (χ1n) is 7.43. The van der Waals surface area contributed by atoms with Gasteiger partial charge in [0.1, 0.15) is 11.7 Å². The molecule has 6 nitrogen and oxygen atoms in total. The minimum absolute atomic E-state index is 0.0595. The highest BCUT2D eigenvalue weighted by atomic mass is 35.5. The Morgan fingerprint density at radius 1 is 1.46 bits per heavy atom. The van der Waals surface area contributed by atoms with Crippen molar-refractivity contribution in [3.63, 3.8) is 0 Å². The maximum atomic E-state index is 13.0. The molecular formula is C17H14ClFN4O2S. The lowest BCUT2D eigenvalue weighted by atomic mass is 9.72. The Morgan fingerprint density at radius 3 is 2.73 bits per heavy atom. The van der Waals surface area contributed by atoms with Crippen LogP contribution < -0.4 is 10.6 Å². The molecular weight excluding hydrogens is 379 g/mol. The molecule has 1 atom stereocenters. The Labute approximate surface area is 159 Å². The van der Waals surface area contributed by atoms with E-state index in [1.807, 2.05) is 12.1 Å². The number of nitrogens with one attached hydrogen (secondary N) is 2. The molecule has 9 heteroatoms. The molecule has 2 amide bonds. The van der Waals surface area contributed by atoms with Crippen molar-refractivity contribution in [1.82, 2.24) is 5.32 Å². The number of carbonyl (C=O) groups is 2. The molecule has 134 valence electrons. The van der Waals surface area contributed by atoms with Crippen molar-refractivity contribution < 1.29 is 14.0 Å². The van der Waals surface area contributed by atoms with Gasteiger partial charge in [0.15, 0.2) is 0 Å². The van der Waals surface area contributed by atoms with Crippen molar-refractivity contribution >= 4 is 40.9 Å². The van der Waals surface area contributed by atoms with Crippen LogP contribution in [0.4, 0.5) is 10.1 Å². The van der Waals surface area contributed by atoms with E-state index < -0.39 is 29.0 Å². The molecule has 2 N–H and O–H groups in total. The van der Waals surface area contributed by atoms with Gasteiger partial charge in [0.25, 0.3) is 0 Å². The molecule has 1 aliphatic rings. The molecule has 0 bridgehead atoms. The van der Waals surface area contributed by atoms with E-state index in [1.54, 1.807) is 13.8 Å². The summed E-state index contributed by atoms with van der Waals surface area (Å²) in [6.07, 6.45) is 0. The summed E-state index contributed by atoms with van der Waals surface area (Å²) in [6, 6.07) is 7.50. The van der Waals surface area contributed by atoms with Crippen LogP contribution in [0, 0.1) is 39.8 Å². The number of anilines is 1. The summed E-state index contributed by atoms with van der Waals surface area (Å²) in [5.41, 5.74) is -0.475. The van der Waals surface area contributed by atoms with Crippen molar-refractivity contribution in [2.24, 2.45) is 11.3 Å². The Balaban J connectivity index is 2.13. The lowest BCUT2D eigenvalue weighted by Gasteiger charge is -2.34. The van der Waals surface area contributed by atoms with Crippen molar-refractivity contribution in [1.29, 1.82) is 10.5 Å². The molecule has 0 saturated heterocycles. The summed E-state index contributed by atoms with van der Waals surface area (Å²) in [4.78, 5) is 24.2. The van der Waals surface area contributed by atoms with E-state index in [2.05, 4.69) is 10.6 Å². The third-order valence-electron chi connectivity index (χ3n) is 3.89. The third-order valence-corrected chi connectivity index (χ3v) is 5.20. The zero-order valence-corrected chi connectivity index (χ0v) is 15.5. The first kappa shape index (κ1) is 19.8. The SMILES string of the molecule is CC1(C)C(C#N)=C(SCC(=O)Nc2ccc(F)cc2Cl)NC(=O)[C@H]1C#N. The number of hydrogen-bond donors (Lipinski definition) is 2. The van der Waals surface area contributed by atoms with Crippen LogP contribution in [0.5, 0.6) is 0 Å². The van der Waals surface area contributed by atoms with E-state index in [1.165, 1.54) is 6.07 Å². The fourth-order valence-corrected chi connectivity index (χ4v) is 3.64. The van der Waals surface area contributed by atoms with Crippen LogP contribution in [0.25, 0.3) is 0 Å². The first-order valence-corrected chi connectivity index (χ1v) is 8.80. The normalized spacial score (nSPS) is 18.5. The van der Waals surface area contributed by atoms with Crippen molar-refractivity contribution in [3.05, 3.63) is 39.6 Å². The zero-order valence-electron chi connectivity index (χ0n) is 13.9. The largest absolute Gasteiger partial charge is 0.324 e. The molecule has 0 aromatic heterocycles. The number of benzene rings is 1. The monoisotopic (exact) mass is 392 g/mol. The van der Waals surface area contributed by atoms with E-state index in [0.717, 1.165) is 23.9 Å². The van der Waals surface area contributed by atoms with Gasteiger partial charge in [-0.1, -0.05) is 37.2 Å². The van der Waals surface area contributed by atoms with Crippen molar-refractivity contribution in [2.75, 3.05) is 11.1 Å². The van der Waals surface area contributed by atoms with Crippen LogP contribution in [0.1, 0.15) is 13.8 Å². The minimum Gasteiger partial charge on any atom is -0.324 e. The van der Waals surface area contributed by atoms with Crippen LogP contribution in [-0.4, -0.2) is 17.6 Å². The lowest BCUT2D eigenvalue weighted by molar-refractivity contribution is -0.125. The molecule has 0 aliphatic carbocycles. The number of hydrogen-bond acceptors (Lipinski definition) is 5. The number of nitrogens with zero attached hydrogens (tertiary/aromatic N) is 2. The average Bonchev–Trinajstić information content (AvgIpc) is 2.55. The van der Waals surface area contributed by atoms with Gasteiger partial charge in [-0.05, 0) is 18.2 Å². The zero-order chi connectivity index (χ0) is 19.5. The molecule has 2 rings (SSSR count). The predicted octanol–water partition coefficient (Wildman–Crippen LogP) is 3.18. The number of nitriles is 2. The molecule has 0 fully saturated rings. The van der Waals surface area contributed by atoms with Crippen LogP contribution in [-0.2, 0) is 9.59 Å². The van der Waals surface area contributed by atoms with Gasteiger partial charge in [-0.15, -0.1) is 0 Å². The molecule has 26 heavy (non-hydrogen) atoms. The van der Waals surface area contributed by atoms with E-state index in [-0.39, 0.29) is 27.1 Å². The number of carbonyl (C=O) groups excluding carboxylic acids is 2. The maximum absolute atomic E-state index is 13.0. The second kappa shape index (κ2) is 7.77. The van der Waals surface area contributed by atoms with Gasteiger partial charge in [-0.2, -0.15) is 10.5 Å². The van der Waals surface area contributed by atoms with Crippen LogP contribution in [0.15, 0.2) is 28.8 Å². The minimum atomic E-state index is -0.992. The van der Waals surface area contributed by atoms with Crippen molar-refractivity contribution in [3.8, 4) is 12.1 Å². The highest BCUT2D eigenvalue weighted by Gasteiger charge is 2.44. The average molecular weight is 393 g/mol. The van der Waals surface area contributed by atoms with Crippen LogP contribution in [0.2, 0.25) is 5.02 Å². The maximum Gasteiger partial charge on any atom is 0.243 e. The number of rotatable bonds is 4. The second-order valence-corrected chi connectivity index (χ2v) is 7.44. The third kappa shape index (κ3) is 3.98. The molecule has 1 aromatic rings. The topological polar surface area (TPSA) is 106 Å². The van der Waals surface area contributed by atoms with Gasteiger partial charge in [-0.3, -0.25) is 9.59 Å². The molecule has 0 radical (unpaired) electrons. The summed E-state index contributed by atoms with van der Waals surface area (Å²) in [5.74, 6) is -2.58. The smallest absolute Gasteiger partial charge is 0.243 e. The fraction of sp³-hybridized carbons (Fsp3) is 0.294. The predicted molar refractivity (Wildman–Crippen MR) is 96.2 cm³/mol. The number of halogens is 2. The molecule has 0 spiro atoms. The summed E-state index contributed by atoms with van der Waals surface area (Å²) in [5, 5.41) is 23.9. The standard InChI is InChI=1S/C17H14ClFN4O2S/c1-17(2)10(6-20)15(25)23-16(11(17)7-21)26-8-14(24)22-13-4-3-9(19)5-12(13)18/h3-5,10H,8H2,1-2H3,(H,22,24)(H,23,25)/t10-/m1/s1. The van der Waals surface area contributed by atoms with Crippen LogP contribution >= 0.6 is 23.4 Å². The second-order valence-electron chi connectivity index (χ2n) is 6.05. The summed E-state index contributed by atoms with van der Waals surface area (Å²) < 4.78 is 13.0. The van der Waals surface area contributed by atoms with E-state index in [4.69, 9.17) is 11.6 Å². The molecule has 1 aliphatic heterocycles. The highest BCUT2D eigenvalue weighted by molar-refractivity contribution is 8.03. The van der Waals surface area contributed by atoms with Gasteiger partial charge in [0, 0.05) is 5.41 Å². The number of thioether (sulfide) groups is 1. The number of amides is 2. The molecule has 1 heterocycles. The van der Waals surface area contributed by atoms with Gasteiger partial charge >= 0.3 is 0 Å². The van der Waals surface area contributed by atoms with Gasteiger partial charge in [0.05, 0.1) is 39.2 Å². The summed E-state index contributed by atoms with van der Waals surface area (Å²) in [7, 11) is 0. The van der Waals surface area contributed by atoms with Gasteiger partial charge < -0.3 is 10.6 Å². The highest BCUT2D eigenvalue weighted by Crippen LogP contribution is 2.41. The van der Waals surface area contributed by atoms with E-state index in [9.17, 15) is 24.5 Å². The molecule has 0 saturated carbocycles. The fourth-order valence-electron chi connectivity index (χ4n) is 2.45. The van der Waals surface area contributed by atoms with Crippen molar-refractivity contribution in [2.45, 2.75) is 13.8 Å². The molecule has 0 unspecified atom stereocenters. The van der Waals surface area contributed by atoms with Crippen LogP contribution in [0.3, 0.4) is 0 Å². The Morgan fingerprint density at radius 2 is 2.15 bits per heavy atom.